The van der Waals surface area contributed by atoms with Crippen molar-refractivity contribution in [1.29, 1.82) is 5.26 Å². The van der Waals surface area contributed by atoms with Crippen molar-refractivity contribution in [3.63, 3.8) is 0 Å². The molecule has 1 amide bonds. The molecule has 0 saturated carbocycles. The first-order chi connectivity index (χ1) is 16.0. The maximum atomic E-state index is 12.7. The van der Waals surface area contributed by atoms with Gasteiger partial charge in [-0.15, -0.1) is 0 Å². The molecule has 3 aromatic rings. The second kappa shape index (κ2) is 11.4. The zero-order valence-electron chi connectivity index (χ0n) is 18.9. The van der Waals surface area contributed by atoms with Gasteiger partial charge in [-0.3, -0.25) is 4.79 Å². The Labute approximate surface area is 194 Å². The number of amides is 1. The predicted molar refractivity (Wildman–Crippen MR) is 128 cm³/mol. The van der Waals surface area contributed by atoms with E-state index in [9.17, 15) is 10.1 Å². The maximum Gasteiger partial charge on any atom is 0.266 e. The van der Waals surface area contributed by atoms with Crippen molar-refractivity contribution in [3.8, 4) is 23.3 Å². The summed E-state index contributed by atoms with van der Waals surface area (Å²) in [7, 11) is 1.57. The molecule has 6 heteroatoms. The van der Waals surface area contributed by atoms with Crippen LogP contribution in [0.1, 0.15) is 23.6 Å². The molecule has 0 atom stereocenters. The molecule has 0 saturated heterocycles. The Kier molecular flexibility index (Phi) is 8.09. The van der Waals surface area contributed by atoms with Crippen molar-refractivity contribution in [3.05, 3.63) is 89.0 Å². The summed E-state index contributed by atoms with van der Waals surface area (Å²) >= 11 is 0. The van der Waals surface area contributed by atoms with E-state index in [0.29, 0.717) is 41.7 Å². The minimum absolute atomic E-state index is 0.0468. The summed E-state index contributed by atoms with van der Waals surface area (Å²) in [5.41, 5.74) is 3.27. The minimum Gasteiger partial charge on any atom is -0.497 e. The molecule has 33 heavy (non-hydrogen) atoms. The Hall–Kier alpha value is -4.24. The third-order valence-corrected chi connectivity index (χ3v) is 4.79. The number of nitrogens with zero attached hydrogens (tertiary/aromatic N) is 1. The van der Waals surface area contributed by atoms with Crippen LogP contribution in [0.2, 0.25) is 0 Å². The number of hydrogen-bond donors (Lipinski definition) is 1. The summed E-state index contributed by atoms with van der Waals surface area (Å²) < 4.78 is 16.7. The first-order valence-corrected chi connectivity index (χ1v) is 10.5. The molecule has 0 fully saturated rings. The van der Waals surface area contributed by atoms with Crippen LogP contribution < -0.4 is 19.5 Å². The van der Waals surface area contributed by atoms with Gasteiger partial charge in [-0.05, 0) is 61.9 Å². The average Bonchev–Trinajstić information content (AvgIpc) is 2.83. The molecule has 3 rings (SSSR count). The number of nitrogens with one attached hydrogen (secondary N) is 1. The van der Waals surface area contributed by atoms with Crippen molar-refractivity contribution < 1.29 is 19.0 Å². The molecule has 0 radical (unpaired) electrons. The lowest BCUT2D eigenvalue weighted by molar-refractivity contribution is -0.112. The molecule has 1 N–H and O–H groups in total. The van der Waals surface area contributed by atoms with Crippen LogP contribution in [0.25, 0.3) is 6.08 Å². The van der Waals surface area contributed by atoms with E-state index in [2.05, 4.69) is 5.32 Å². The number of carbonyl (C=O) groups is 1. The fourth-order valence-corrected chi connectivity index (χ4v) is 3.15. The second-order valence-corrected chi connectivity index (χ2v) is 7.26. The van der Waals surface area contributed by atoms with E-state index in [0.717, 1.165) is 11.1 Å². The maximum absolute atomic E-state index is 12.7. The predicted octanol–water partition coefficient (Wildman–Crippen LogP) is 5.53. The molecule has 0 bridgehead atoms. The van der Waals surface area contributed by atoms with Crippen LogP contribution in [0.15, 0.2) is 72.3 Å². The van der Waals surface area contributed by atoms with E-state index in [1.54, 1.807) is 49.6 Å². The van der Waals surface area contributed by atoms with Crippen molar-refractivity contribution in [2.24, 2.45) is 0 Å². The van der Waals surface area contributed by atoms with Crippen LogP contribution >= 0.6 is 0 Å². The normalized spacial score (nSPS) is 10.8. The Morgan fingerprint density at radius 2 is 1.79 bits per heavy atom. The van der Waals surface area contributed by atoms with Crippen LogP contribution in [-0.4, -0.2) is 19.6 Å². The highest BCUT2D eigenvalue weighted by molar-refractivity contribution is 6.09. The lowest BCUT2D eigenvalue weighted by Crippen LogP contribution is -2.13. The monoisotopic (exact) mass is 442 g/mol. The van der Waals surface area contributed by atoms with E-state index in [1.165, 1.54) is 6.08 Å². The zero-order chi connectivity index (χ0) is 23.6. The second-order valence-electron chi connectivity index (χ2n) is 7.26. The number of ether oxygens (including phenoxy) is 3. The van der Waals surface area contributed by atoms with Gasteiger partial charge in [0.15, 0.2) is 0 Å². The third kappa shape index (κ3) is 6.62. The fourth-order valence-electron chi connectivity index (χ4n) is 3.15. The van der Waals surface area contributed by atoms with Crippen molar-refractivity contribution in [1.82, 2.24) is 0 Å². The number of hydrogen-bond acceptors (Lipinski definition) is 5. The fraction of sp³-hybridized carbons (Fsp3) is 0.185. The van der Waals surface area contributed by atoms with Crippen LogP contribution in [0.5, 0.6) is 17.2 Å². The van der Waals surface area contributed by atoms with Crippen molar-refractivity contribution >= 4 is 17.7 Å². The number of nitriles is 1. The Morgan fingerprint density at radius 3 is 2.45 bits per heavy atom. The molecule has 0 spiro atoms. The summed E-state index contributed by atoms with van der Waals surface area (Å²) in [5, 5.41) is 12.4. The summed E-state index contributed by atoms with van der Waals surface area (Å²) in [4.78, 5) is 12.7. The number of aryl methyl sites for hydroxylation is 1. The number of methoxy groups -OCH3 is 1. The van der Waals surface area contributed by atoms with E-state index < -0.39 is 5.91 Å². The number of rotatable bonds is 9. The molecule has 0 unspecified atom stereocenters. The zero-order valence-corrected chi connectivity index (χ0v) is 18.9. The molecule has 3 aromatic carbocycles. The van der Waals surface area contributed by atoms with E-state index in [1.807, 2.05) is 44.2 Å². The van der Waals surface area contributed by atoms with Crippen molar-refractivity contribution in [2.45, 2.75) is 20.5 Å². The van der Waals surface area contributed by atoms with Gasteiger partial charge in [0.1, 0.15) is 35.5 Å². The van der Waals surface area contributed by atoms with Gasteiger partial charge in [0, 0.05) is 17.3 Å². The van der Waals surface area contributed by atoms with Gasteiger partial charge in [-0.2, -0.15) is 5.26 Å². The summed E-state index contributed by atoms with van der Waals surface area (Å²) in [6, 6.07) is 22.2. The largest absolute Gasteiger partial charge is 0.497 e. The summed E-state index contributed by atoms with van der Waals surface area (Å²) in [5.74, 6) is 1.32. The molecule has 168 valence electrons. The number of anilines is 1. The Balaban J connectivity index is 1.81. The van der Waals surface area contributed by atoms with Gasteiger partial charge in [0.25, 0.3) is 5.91 Å². The highest BCUT2D eigenvalue weighted by Gasteiger charge is 2.13. The molecular weight excluding hydrogens is 416 g/mol. The minimum atomic E-state index is -0.512. The van der Waals surface area contributed by atoms with E-state index in [4.69, 9.17) is 14.2 Å². The highest BCUT2D eigenvalue weighted by atomic mass is 16.5. The van der Waals surface area contributed by atoms with Gasteiger partial charge >= 0.3 is 0 Å². The summed E-state index contributed by atoms with van der Waals surface area (Å²) in [6.07, 6.45) is 1.51. The summed E-state index contributed by atoms with van der Waals surface area (Å²) in [6.45, 7) is 4.82. The van der Waals surface area contributed by atoms with Crippen LogP contribution in [-0.2, 0) is 11.4 Å². The van der Waals surface area contributed by atoms with Crippen LogP contribution in [0.4, 0.5) is 5.69 Å². The number of carbonyl (C=O) groups excluding carboxylic acids is 1. The lowest BCUT2D eigenvalue weighted by Gasteiger charge is -2.12. The topological polar surface area (TPSA) is 80.6 Å². The average molecular weight is 443 g/mol. The molecule has 0 aliphatic heterocycles. The first-order valence-electron chi connectivity index (χ1n) is 10.5. The molecule has 0 aliphatic carbocycles. The Bertz CT molecular complexity index is 1180. The SMILES string of the molecule is CCOc1ccc(NC(=O)/C(C#N)=C/c2ccc(OC)cc2OCc2cccc(C)c2)cc1. The smallest absolute Gasteiger partial charge is 0.266 e. The molecule has 0 heterocycles. The standard InChI is InChI=1S/C27H26N2O4/c1-4-32-24-12-9-23(10-13-24)29-27(30)22(17-28)15-21-8-11-25(31-3)16-26(21)33-18-20-7-5-6-19(2)14-20/h5-16H,4,18H2,1-3H3,(H,29,30)/b22-15+. The first kappa shape index (κ1) is 23.4. The van der Waals surface area contributed by atoms with Gasteiger partial charge in [-0.25, -0.2) is 0 Å². The third-order valence-electron chi connectivity index (χ3n) is 4.79. The quantitative estimate of drug-likeness (QED) is 0.348. The molecular formula is C27H26N2O4. The molecule has 0 aromatic heterocycles. The lowest BCUT2D eigenvalue weighted by atomic mass is 10.1. The van der Waals surface area contributed by atoms with Gasteiger partial charge in [0.2, 0.25) is 0 Å². The van der Waals surface area contributed by atoms with Gasteiger partial charge in [0.05, 0.1) is 13.7 Å². The highest BCUT2D eigenvalue weighted by Crippen LogP contribution is 2.28. The van der Waals surface area contributed by atoms with E-state index in [-0.39, 0.29) is 5.57 Å². The van der Waals surface area contributed by atoms with Gasteiger partial charge < -0.3 is 19.5 Å². The number of benzene rings is 3. The Morgan fingerprint density at radius 1 is 1.03 bits per heavy atom. The van der Waals surface area contributed by atoms with Crippen LogP contribution in [0, 0.1) is 18.3 Å². The van der Waals surface area contributed by atoms with Gasteiger partial charge in [-0.1, -0.05) is 29.8 Å². The van der Waals surface area contributed by atoms with E-state index >= 15 is 0 Å². The molecule has 6 nitrogen and oxygen atoms in total. The molecule has 0 aliphatic rings. The van der Waals surface area contributed by atoms with Crippen LogP contribution in [0.3, 0.4) is 0 Å². The van der Waals surface area contributed by atoms with Crippen molar-refractivity contribution in [2.75, 3.05) is 19.0 Å².